The molecule has 2 aromatic carbocycles. The number of benzene rings is 2. The largest absolute Gasteiger partial charge is 0.486 e. The topological polar surface area (TPSA) is 73.7 Å². The van der Waals surface area contributed by atoms with E-state index in [0.29, 0.717) is 35.8 Å². The molecule has 1 unspecified atom stereocenters. The lowest BCUT2D eigenvalue weighted by Gasteiger charge is -2.27. The molecule has 0 saturated carbocycles. The van der Waals surface area contributed by atoms with E-state index in [1.54, 1.807) is 4.57 Å². The molecular formula is C26H29N3O4S. The zero-order chi connectivity index (χ0) is 23.5. The Morgan fingerprint density at radius 1 is 1.15 bits per heavy atom. The summed E-state index contributed by atoms with van der Waals surface area (Å²) in [5.74, 6) is 1.82. The van der Waals surface area contributed by atoms with Crippen molar-refractivity contribution in [2.45, 2.75) is 50.4 Å². The van der Waals surface area contributed by atoms with Crippen LogP contribution in [0.3, 0.4) is 0 Å². The molecule has 1 amide bonds. The predicted molar refractivity (Wildman–Crippen MR) is 133 cm³/mol. The minimum Gasteiger partial charge on any atom is -0.486 e. The van der Waals surface area contributed by atoms with Crippen molar-refractivity contribution in [2.75, 3.05) is 25.5 Å². The van der Waals surface area contributed by atoms with Crippen molar-refractivity contribution in [2.24, 2.45) is 0 Å². The molecule has 8 heteroatoms. The van der Waals surface area contributed by atoms with Crippen LogP contribution in [0.5, 0.6) is 11.5 Å². The van der Waals surface area contributed by atoms with Crippen LogP contribution in [0, 0.1) is 0 Å². The van der Waals surface area contributed by atoms with Crippen LogP contribution in [0.15, 0.2) is 52.4 Å². The predicted octanol–water partition coefficient (Wildman–Crippen LogP) is 4.42. The van der Waals surface area contributed by atoms with Crippen LogP contribution in [0.2, 0.25) is 0 Å². The molecule has 3 heterocycles. The lowest BCUT2D eigenvalue weighted by Crippen LogP contribution is -2.32. The summed E-state index contributed by atoms with van der Waals surface area (Å²) in [7, 11) is 0. The molecule has 1 fully saturated rings. The van der Waals surface area contributed by atoms with E-state index in [4.69, 9.17) is 14.5 Å². The van der Waals surface area contributed by atoms with Gasteiger partial charge in [-0.2, -0.15) is 0 Å². The Kier molecular flexibility index (Phi) is 6.76. The van der Waals surface area contributed by atoms with E-state index in [1.807, 2.05) is 47.4 Å². The van der Waals surface area contributed by atoms with Gasteiger partial charge in [-0.15, -0.1) is 0 Å². The number of carbonyl (C=O) groups excluding carboxylic acids is 1. The maximum atomic E-state index is 13.3. The molecule has 0 N–H and O–H groups in total. The number of amides is 1. The lowest BCUT2D eigenvalue weighted by molar-refractivity contribution is -0.129. The number of likely N-dealkylation sites (tertiary alicyclic amines) is 1. The zero-order valence-electron chi connectivity index (χ0n) is 19.4. The van der Waals surface area contributed by atoms with Crippen LogP contribution in [-0.2, 0) is 11.3 Å². The molecule has 1 saturated heterocycles. The number of aromatic nitrogens is 2. The van der Waals surface area contributed by atoms with Crippen molar-refractivity contribution in [1.29, 1.82) is 0 Å². The summed E-state index contributed by atoms with van der Waals surface area (Å²) in [6, 6.07) is 13.4. The number of unbranched alkanes of at least 4 members (excludes halogenated alkanes) is 1. The van der Waals surface area contributed by atoms with E-state index in [0.717, 1.165) is 49.3 Å². The average molecular weight is 480 g/mol. The number of carbonyl (C=O) groups is 1. The first-order chi connectivity index (χ1) is 16.7. The number of para-hydroxylation sites is 1. The van der Waals surface area contributed by atoms with Crippen molar-refractivity contribution in [3.8, 4) is 11.5 Å². The van der Waals surface area contributed by atoms with Gasteiger partial charge in [0, 0.05) is 13.1 Å². The van der Waals surface area contributed by atoms with Gasteiger partial charge in [0.05, 0.1) is 22.7 Å². The molecular weight excluding hydrogens is 450 g/mol. The van der Waals surface area contributed by atoms with Crippen molar-refractivity contribution < 1.29 is 14.3 Å². The van der Waals surface area contributed by atoms with Gasteiger partial charge in [-0.25, -0.2) is 4.98 Å². The number of fused-ring (bicyclic) bond motifs is 2. The highest BCUT2D eigenvalue weighted by Gasteiger charge is 2.31. The van der Waals surface area contributed by atoms with Crippen LogP contribution in [0.4, 0.5) is 0 Å². The van der Waals surface area contributed by atoms with E-state index in [1.165, 1.54) is 11.8 Å². The van der Waals surface area contributed by atoms with E-state index in [2.05, 4.69) is 6.92 Å². The van der Waals surface area contributed by atoms with Crippen LogP contribution in [0.25, 0.3) is 10.9 Å². The summed E-state index contributed by atoms with van der Waals surface area (Å²) >= 11 is 1.36. The van der Waals surface area contributed by atoms with Gasteiger partial charge in [0.2, 0.25) is 5.91 Å². The summed E-state index contributed by atoms with van der Waals surface area (Å²) in [6.07, 6.45) is 3.75. The third kappa shape index (κ3) is 4.51. The smallest absolute Gasteiger partial charge is 0.262 e. The molecule has 0 aliphatic carbocycles. The number of hydrogen-bond acceptors (Lipinski definition) is 6. The molecule has 5 rings (SSSR count). The average Bonchev–Trinajstić information content (AvgIpc) is 3.37. The van der Waals surface area contributed by atoms with Crippen LogP contribution in [-0.4, -0.2) is 45.9 Å². The van der Waals surface area contributed by atoms with Gasteiger partial charge in [-0.1, -0.05) is 43.3 Å². The molecule has 2 aliphatic heterocycles. The lowest BCUT2D eigenvalue weighted by atomic mass is 10.0. The Morgan fingerprint density at radius 2 is 1.97 bits per heavy atom. The molecule has 178 valence electrons. The van der Waals surface area contributed by atoms with Gasteiger partial charge in [0.1, 0.15) is 13.2 Å². The first-order valence-corrected chi connectivity index (χ1v) is 13.0. The fourth-order valence-electron chi connectivity index (χ4n) is 4.66. The van der Waals surface area contributed by atoms with Crippen LogP contribution >= 0.6 is 11.8 Å². The maximum Gasteiger partial charge on any atom is 0.262 e. The Bertz CT molecular complexity index is 1260. The Hall–Kier alpha value is -3.00. The second-order valence-electron chi connectivity index (χ2n) is 8.66. The van der Waals surface area contributed by atoms with Gasteiger partial charge in [-0.05, 0) is 49.1 Å². The maximum absolute atomic E-state index is 13.3. The molecule has 3 aromatic rings. The highest BCUT2D eigenvalue weighted by Crippen LogP contribution is 2.38. The number of ether oxygens (including phenoxy) is 2. The fourth-order valence-corrected chi connectivity index (χ4v) is 5.57. The standard InChI is InChI=1S/C26H29N3O4S/c1-2-3-12-29-25(31)19-7-4-5-8-20(19)27-26(29)34-17-24(30)28-13-6-9-21(28)18-10-11-22-23(16-18)33-15-14-32-22/h4-5,7-8,10-11,16,21H,2-3,6,9,12-15,17H2,1H3. The van der Waals surface area contributed by atoms with Gasteiger partial charge >= 0.3 is 0 Å². The Morgan fingerprint density at radius 3 is 2.82 bits per heavy atom. The second-order valence-corrected chi connectivity index (χ2v) is 9.60. The van der Waals surface area contributed by atoms with E-state index >= 15 is 0 Å². The van der Waals surface area contributed by atoms with Gasteiger partial charge < -0.3 is 14.4 Å². The third-order valence-electron chi connectivity index (χ3n) is 6.41. The van der Waals surface area contributed by atoms with Crippen molar-refractivity contribution in [3.63, 3.8) is 0 Å². The molecule has 1 atom stereocenters. The van der Waals surface area contributed by atoms with Crippen LogP contribution < -0.4 is 15.0 Å². The van der Waals surface area contributed by atoms with Crippen molar-refractivity contribution >= 4 is 28.6 Å². The Labute approximate surface area is 203 Å². The minimum absolute atomic E-state index is 0.0239. The minimum atomic E-state index is -0.0377. The molecule has 2 aliphatic rings. The monoisotopic (exact) mass is 479 g/mol. The summed E-state index contributed by atoms with van der Waals surface area (Å²) in [5.41, 5.74) is 1.71. The summed E-state index contributed by atoms with van der Waals surface area (Å²) in [5, 5.41) is 1.23. The van der Waals surface area contributed by atoms with Gasteiger partial charge in [-0.3, -0.25) is 14.2 Å². The van der Waals surface area contributed by atoms with Crippen molar-refractivity contribution in [1.82, 2.24) is 14.5 Å². The number of hydrogen-bond donors (Lipinski definition) is 0. The summed E-state index contributed by atoms with van der Waals surface area (Å²) < 4.78 is 13.1. The molecule has 0 bridgehead atoms. The van der Waals surface area contributed by atoms with E-state index in [9.17, 15) is 9.59 Å². The Balaban J connectivity index is 1.35. The molecule has 0 spiro atoms. The van der Waals surface area contributed by atoms with Gasteiger partial charge in [0.15, 0.2) is 16.7 Å². The third-order valence-corrected chi connectivity index (χ3v) is 7.37. The second kappa shape index (κ2) is 10.1. The van der Waals surface area contributed by atoms with E-state index < -0.39 is 0 Å². The SMILES string of the molecule is CCCCn1c(SCC(=O)N2CCCC2c2ccc3c(c2)OCCO3)nc2ccccc2c1=O. The normalized spacial score (nSPS) is 17.3. The molecule has 1 aromatic heterocycles. The zero-order valence-corrected chi connectivity index (χ0v) is 20.2. The first-order valence-electron chi connectivity index (χ1n) is 12.0. The molecule has 34 heavy (non-hydrogen) atoms. The molecule has 7 nitrogen and oxygen atoms in total. The number of rotatable bonds is 7. The number of thioether (sulfide) groups is 1. The highest BCUT2D eigenvalue weighted by molar-refractivity contribution is 7.99. The van der Waals surface area contributed by atoms with Gasteiger partial charge in [0.25, 0.3) is 5.56 Å². The first kappa shape index (κ1) is 22.8. The van der Waals surface area contributed by atoms with Crippen LogP contribution in [0.1, 0.15) is 44.2 Å². The molecule has 0 radical (unpaired) electrons. The summed E-state index contributed by atoms with van der Waals surface area (Å²) in [4.78, 5) is 33.1. The highest BCUT2D eigenvalue weighted by atomic mass is 32.2. The summed E-state index contributed by atoms with van der Waals surface area (Å²) in [6.45, 7) is 4.53. The quantitative estimate of drug-likeness (QED) is 0.369. The number of nitrogens with zero attached hydrogens (tertiary/aromatic N) is 3. The van der Waals surface area contributed by atoms with E-state index in [-0.39, 0.29) is 23.3 Å². The van der Waals surface area contributed by atoms with Crippen molar-refractivity contribution in [3.05, 3.63) is 58.4 Å². The fraction of sp³-hybridized carbons (Fsp3) is 0.423.